The second-order valence-electron chi connectivity index (χ2n) is 8.67. The molecule has 2 aromatic carbocycles. The molecule has 1 aromatic heterocycles. The Kier molecular flexibility index (Phi) is 5.67. The van der Waals surface area contributed by atoms with E-state index in [1.807, 2.05) is 33.8 Å². The summed E-state index contributed by atoms with van der Waals surface area (Å²) in [4.78, 5) is 31.4. The molecule has 0 bridgehead atoms. The van der Waals surface area contributed by atoms with Crippen molar-refractivity contribution in [3.63, 3.8) is 0 Å². The number of aromatic nitrogens is 3. The predicted molar refractivity (Wildman–Crippen MR) is 124 cm³/mol. The van der Waals surface area contributed by atoms with E-state index in [1.54, 1.807) is 36.4 Å². The van der Waals surface area contributed by atoms with Crippen LogP contribution in [-0.4, -0.2) is 45.5 Å². The van der Waals surface area contributed by atoms with Crippen LogP contribution in [0.25, 0.3) is 0 Å². The monoisotopic (exact) mass is 450 g/mol. The molecule has 2 heterocycles. The largest absolute Gasteiger partial charge is 0.490 e. The van der Waals surface area contributed by atoms with Gasteiger partial charge in [0.15, 0.2) is 0 Å². The van der Waals surface area contributed by atoms with Crippen LogP contribution in [0.15, 0.2) is 42.5 Å². The Labute approximate surface area is 191 Å². The molecule has 1 amide bonds. The van der Waals surface area contributed by atoms with Gasteiger partial charge < -0.3 is 20.5 Å². The molecule has 10 heteroatoms. The quantitative estimate of drug-likeness (QED) is 0.618. The molecule has 0 saturated heterocycles. The first-order valence-electron chi connectivity index (χ1n) is 10.5. The van der Waals surface area contributed by atoms with Crippen LogP contribution >= 0.6 is 0 Å². The topological polar surface area (TPSA) is 125 Å². The first-order chi connectivity index (χ1) is 15.6. The third-order valence-corrected chi connectivity index (χ3v) is 4.77. The average Bonchev–Trinajstić information content (AvgIpc) is 3.11. The summed E-state index contributed by atoms with van der Waals surface area (Å²) in [5.41, 5.74) is 7.67. The number of benzene rings is 2. The van der Waals surface area contributed by atoms with E-state index in [2.05, 4.69) is 15.4 Å². The molecular formula is C23H26N6O4. The Balaban J connectivity index is 1.63. The lowest BCUT2D eigenvalue weighted by atomic mass is 10.1. The minimum Gasteiger partial charge on any atom is -0.490 e. The summed E-state index contributed by atoms with van der Waals surface area (Å²) in [6.07, 6.45) is -0.466. The van der Waals surface area contributed by atoms with E-state index >= 15 is 0 Å². The van der Waals surface area contributed by atoms with Crippen LogP contribution in [0.4, 0.5) is 28.1 Å². The zero-order valence-corrected chi connectivity index (χ0v) is 19.0. The van der Waals surface area contributed by atoms with Crippen molar-refractivity contribution in [2.45, 2.75) is 33.3 Å². The number of ether oxygens (including phenoxy) is 2. The first-order valence-corrected chi connectivity index (χ1v) is 10.5. The molecule has 3 N–H and O–H groups in total. The minimum atomic E-state index is -0.629. The maximum atomic E-state index is 13.0. The van der Waals surface area contributed by atoms with E-state index < -0.39 is 11.7 Å². The van der Waals surface area contributed by atoms with Crippen molar-refractivity contribution in [2.75, 3.05) is 29.1 Å². The number of nitrogens with two attached hydrogens (primary N) is 1. The summed E-state index contributed by atoms with van der Waals surface area (Å²) < 4.78 is 12.3. The van der Waals surface area contributed by atoms with Gasteiger partial charge in [-0.1, -0.05) is 17.7 Å². The molecule has 0 saturated carbocycles. The van der Waals surface area contributed by atoms with Crippen LogP contribution in [0, 0.1) is 6.92 Å². The molecule has 1 aliphatic heterocycles. The molecular weight excluding hydrogens is 424 g/mol. The fraction of sp³-hybridized carbons (Fsp3) is 0.304. The third-order valence-electron chi connectivity index (χ3n) is 4.77. The van der Waals surface area contributed by atoms with Crippen molar-refractivity contribution in [1.29, 1.82) is 0 Å². The lowest BCUT2D eigenvalue weighted by molar-refractivity contribution is 0.0567. The molecule has 10 nitrogen and oxygen atoms in total. The number of hydrogen-bond acceptors (Lipinski definition) is 8. The van der Waals surface area contributed by atoms with Crippen molar-refractivity contribution < 1.29 is 19.1 Å². The maximum Gasteiger partial charge on any atom is 0.415 e. The minimum absolute atomic E-state index is 0.0461. The summed E-state index contributed by atoms with van der Waals surface area (Å²) in [5.74, 6) is 0.284. The summed E-state index contributed by atoms with van der Waals surface area (Å²) in [6, 6.07) is 12.4. The van der Waals surface area contributed by atoms with Crippen molar-refractivity contribution in [3.05, 3.63) is 53.6 Å². The molecule has 0 spiro atoms. The average molecular weight is 450 g/mol. The number of carbonyl (C=O) groups is 2. The van der Waals surface area contributed by atoms with E-state index in [0.29, 0.717) is 35.8 Å². The molecule has 0 unspecified atom stereocenters. The number of nitrogen functional groups attached to an aromatic ring is 1. The van der Waals surface area contributed by atoms with Gasteiger partial charge in [0, 0.05) is 11.3 Å². The van der Waals surface area contributed by atoms with E-state index in [9.17, 15) is 9.59 Å². The Morgan fingerprint density at radius 3 is 2.70 bits per heavy atom. The molecule has 0 radical (unpaired) electrons. The Morgan fingerprint density at radius 2 is 1.97 bits per heavy atom. The zero-order chi connectivity index (χ0) is 23.8. The van der Waals surface area contributed by atoms with Gasteiger partial charge >= 0.3 is 6.09 Å². The van der Waals surface area contributed by atoms with Gasteiger partial charge in [0.05, 0.1) is 12.2 Å². The zero-order valence-electron chi connectivity index (χ0n) is 19.0. The fourth-order valence-corrected chi connectivity index (χ4v) is 3.38. The number of amides is 1. The molecule has 3 aromatic rings. The summed E-state index contributed by atoms with van der Waals surface area (Å²) in [5, 5.41) is 7.12. The van der Waals surface area contributed by atoms with Crippen LogP contribution in [0.2, 0.25) is 0 Å². The SMILES string of the molecule is Cc1cccc(C(=O)n2nc(N)nc2Nc2ccc3c(c2)N(C(=O)OC(C)(C)C)CCO3)c1. The Hall–Kier alpha value is -4.08. The lowest BCUT2D eigenvalue weighted by Gasteiger charge is -2.31. The van der Waals surface area contributed by atoms with E-state index in [1.165, 1.54) is 4.90 Å². The predicted octanol–water partition coefficient (Wildman–Crippen LogP) is 3.73. The number of nitrogens with zero attached hydrogens (tertiary/aromatic N) is 4. The van der Waals surface area contributed by atoms with Crippen molar-refractivity contribution in [3.8, 4) is 5.75 Å². The number of rotatable bonds is 3. The highest BCUT2D eigenvalue weighted by molar-refractivity contribution is 5.97. The Bertz CT molecular complexity index is 1210. The van der Waals surface area contributed by atoms with Crippen LogP contribution in [-0.2, 0) is 4.74 Å². The van der Waals surface area contributed by atoms with E-state index in [4.69, 9.17) is 15.2 Å². The molecule has 33 heavy (non-hydrogen) atoms. The van der Waals surface area contributed by atoms with Gasteiger partial charge in [-0.15, -0.1) is 5.10 Å². The summed E-state index contributed by atoms with van der Waals surface area (Å²) in [6.45, 7) is 8.04. The smallest absolute Gasteiger partial charge is 0.415 e. The number of carbonyl (C=O) groups excluding carboxylic acids is 2. The standard InChI is InChI=1S/C23H26N6O4/c1-14-6-5-7-15(12-14)19(30)29-21(26-20(24)27-29)25-16-8-9-18-17(13-16)28(10-11-32-18)22(31)33-23(2,3)4/h5-9,12-13H,10-11H2,1-4H3,(H3,24,25,26,27). The highest BCUT2D eigenvalue weighted by atomic mass is 16.6. The van der Waals surface area contributed by atoms with Crippen molar-refractivity contribution >= 4 is 35.3 Å². The second kappa shape index (κ2) is 8.45. The van der Waals surface area contributed by atoms with Crippen LogP contribution < -0.4 is 20.7 Å². The van der Waals surface area contributed by atoms with Crippen LogP contribution in [0.3, 0.4) is 0 Å². The molecule has 4 rings (SSSR count). The van der Waals surface area contributed by atoms with Gasteiger partial charge in [-0.25, -0.2) is 4.79 Å². The number of aryl methyl sites for hydroxylation is 1. The Morgan fingerprint density at radius 1 is 1.18 bits per heavy atom. The first kappa shape index (κ1) is 22.1. The number of nitrogens with one attached hydrogen (secondary N) is 1. The van der Waals surface area contributed by atoms with Gasteiger partial charge in [-0.05, 0) is 58.0 Å². The van der Waals surface area contributed by atoms with Gasteiger partial charge in [-0.3, -0.25) is 9.69 Å². The molecule has 0 atom stereocenters. The fourth-order valence-electron chi connectivity index (χ4n) is 3.38. The highest BCUT2D eigenvalue weighted by Gasteiger charge is 2.29. The number of hydrogen-bond donors (Lipinski definition) is 2. The number of fused-ring (bicyclic) bond motifs is 1. The lowest BCUT2D eigenvalue weighted by Crippen LogP contribution is -2.41. The second-order valence-corrected chi connectivity index (χ2v) is 8.67. The summed E-state index contributed by atoms with van der Waals surface area (Å²) >= 11 is 0. The normalized spacial score (nSPS) is 13.2. The molecule has 1 aliphatic rings. The van der Waals surface area contributed by atoms with Crippen LogP contribution in [0.5, 0.6) is 5.75 Å². The van der Waals surface area contributed by atoms with E-state index in [-0.39, 0.29) is 17.8 Å². The molecule has 0 aliphatic carbocycles. The number of anilines is 4. The third kappa shape index (κ3) is 4.89. The van der Waals surface area contributed by atoms with Crippen molar-refractivity contribution in [2.24, 2.45) is 0 Å². The maximum absolute atomic E-state index is 13.0. The molecule has 172 valence electrons. The van der Waals surface area contributed by atoms with Gasteiger partial charge in [0.1, 0.15) is 18.0 Å². The molecule has 0 fully saturated rings. The van der Waals surface area contributed by atoms with E-state index in [0.717, 1.165) is 10.2 Å². The highest BCUT2D eigenvalue weighted by Crippen LogP contribution is 2.35. The van der Waals surface area contributed by atoms with Crippen LogP contribution in [0.1, 0.15) is 36.7 Å². The van der Waals surface area contributed by atoms with Gasteiger partial charge in [-0.2, -0.15) is 9.67 Å². The van der Waals surface area contributed by atoms with Gasteiger partial charge in [0.2, 0.25) is 11.9 Å². The van der Waals surface area contributed by atoms with Crippen molar-refractivity contribution in [1.82, 2.24) is 14.8 Å². The van der Waals surface area contributed by atoms with Gasteiger partial charge in [0.25, 0.3) is 5.91 Å². The summed E-state index contributed by atoms with van der Waals surface area (Å²) in [7, 11) is 0.